The zero-order chi connectivity index (χ0) is 22.2. The zero-order valence-corrected chi connectivity index (χ0v) is 19.6. The molecule has 9 heteroatoms. The Morgan fingerprint density at radius 3 is 2.35 bits per heavy atom. The number of piperazine rings is 1. The van der Waals surface area contributed by atoms with Gasteiger partial charge in [-0.05, 0) is 42.5 Å². The van der Waals surface area contributed by atoms with Crippen LogP contribution in [0.2, 0.25) is 0 Å². The summed E-state index contributed by atoms with van der Waals surface area (Å²) in [6.07, 6.45) is 0. The molecule has 7 nitrogen and oxygen atoms in total. The summed E-state index contributed by atoms with van der Waals surface area (Å²) >= 11 is 1.67. The number of thioether (sulfide) groups is 1. The Labute approximate surface area is 188 Å². The molecule has 31 heavy (non-hydrogen) atoms. The molecule has 0 bridgehead atoms. The lowest BCUT2D eigenvalue weighted by Crippen LogP contribution is -2.48. The second-order valence-corrected chi connectivity index (χ2v) is 11.2. The van der Waals surface area contributed by atoms with E-state index in [1.807, 2.05) is 30.3 Å². The molecule has 2 aliphatic rings. The molecule has 1 atom stereocenters. The first kappa shape index (κ1) is 22.0. The summed E-state index contributed by atoms with van der Waals surface area (Å²) < 4.78 is 33.4. The summed E-state index contributed by atoms with van der Waals surface area (Å²) in [6, 6.07) is 12.9. The number of carbonyl (C=O) groups excluding carboxylic acids is 1. The monoisotopic (exact) mass is 461 g/mol. The van der Waals surface area contributed by atoms with Gasteiger partial charge in [-0.25, -0.2) is 8.42 Å². The predicted octanol–water partition coefficient (Wildman–Crippen LogP) is 3.05. The van der Waals surface area contributed by atoms with Crippen LogP contribution in [0.4, 0.5) is 11.4 Å². The zero-order valence-electron chi connectivity index (χ0n) is 17.9. The highest BCUT2D eigenvalue weighted by Gasteiger charge is 2.31. The van der Waals surface area contributed by atoms with Crippen LogP contribution in [0.15, 0.2) is 52.3 Å². The number of methoxy groups -OCH3 is 1. The number of rotatable bonds is 4. The van der Waals surface area contributed by atoms with E-state index in [1.165, 1.54) is 11.2 Å². The van der Waals surface area contributed by atoms with Crippen molar-refractivity contribution in [3.05, 3.63) is 42.5 Å². The van der Waals surface area contributed by atoms with Crippen molar-refractivity contribution in [2.24, 2.45) is 0 Å². The van der Waals surface area contributed by atoms with Gasteiger partial charge in [0, 0.05) is 55.5 Å². The van der Waals surface area contributed by atoms with Crippen molar-refractivity contribution in [2.45, 2.75) is 28.9 Å². The third kappa shape index (κ3) is 4.40. The van der Waals surface area contributed by atoms with E-state index in [9.17, 15) is 13.2 Å². The minimum absolute atomic E-state index is 0.0731. The predicted molar refractivity (Wildman–Crippen MR) is 124 cm³/mol. The molecule has 2 aliphatic heterocycles. The molecule has 0 radical (unpaired) electrons. The smallest absolute Gasteiger partial charge is 0.243 e. The molecule has 1 fully saturated rings. The molecule has 2 aromatic rings. The van der Waals surface area contributed by atoms with Crippen LogP contribution in [-0.4, -0.2) is 63.7 Å². The van der Waals surface area contributed by atoms with E-state index in [0.29, 0.717) is 38.4 Å². The number of anilines is 2. The van der Waals surface area contributed by atoms with Crippen LogP contribution < -0.4 is 14.5 Å². The fourth-order valence-corrected chi connectivity index (χ4v) is 6.54. The molecule has 1 saturated heterocycles. The first-order chi connectivity index (χ1) is 14.8. The van der Waals surface area contributed by atoms with Gasteiger partial charge in [0.25, 0.3) is 0 Å². The molecule has 0 unspecified atom stereocenters. The van der Waals surface area contributed by atoms with Gasteiger partial charge in [0.2, 0.25) is 15.9 Å². The minimum Gasteiger partial charge on any atom is -0.497 e. The summed E-state index contributed by atoms with van der Waals surface area (Å²) in [6.45, 7) is 6.22. The van der Waals surface area contributed by atoms with Gasteiger partial charge < -0.3 is 14.5 Å². The van der Waals surface area contributed by atoms with Crippen LogP contribution >= 0.6 is 11.8 Å². The molecule has 0 aliphatic carbocycles. The lowest BCUT2D eigenvalue weighted by molar-refractivity contribution is -0.116. The van der Waals surface area contributed by atoms with Crippen LogP contribution in [0, 0.1) is 0 Å². The lowest BCUT2D eigenvalue weighted by Gasteiger charge is -2.36. The van der Waals surface area contributed by atoms with Gasteiger partial charge in [-0.2, -0.15) is 4.31 Å². The molecular formula is C22H27N3O4S2. The molecule has 4 rings (SSSR count). The summed E-state index contributed by atoms with van der Waals surface area (Å²) in [5, 5.41) is 0.268. The number of amides is 1. The highest BCUT2D eigenvalue weighted by molar-refractivity contribution is 8.00. The lowest BCUT2D eigenvalue weighted by atomic mass is 10.2. The van der Waals surface area contributed by atoms with Crippen LogP contribution in [0.3, 0.4) is 0 Å². The molecule has 0 saturated carbocycles. The van der Waals surface area contributed by atoms with Crippen molar-refractivity contribution in [1.29, 1.82) is 0 Å². The van der Waals surface area contributed by atoms with E-state index in [0.717, 1.165) is 16.3 Å². The van der Waals surface area contributed by atoms with Crippen molar-refractivity contribution in [1.82, 2.24) is 4.31 Å². The summed E-state index contributed by atoms with van der Waals surface area (Å²) in [4.78, 5) is 17.2. The third-order valence-electron chi connectivity index (χ3n) is 5.68. The molecule has 0 spiro atoms. The fraction of sp³-hybridized carbons (Fsp3) is 0.409. The van der Waals surface area contributed by atoms with Crippen molar-refractivity contribution >= 4 is 39.1 Å². The standard InChI is InChI=1S/C22H27N3O4S2/c1-16-15-25(17(2)26)21-14-20(8-9-22(21)30-16)31(27,28)24-12-10-23(11-13-24)18-4-6-19(29-3)7-5-18/h4-9,14,16H,10-13,15H2,1-3H3/t16-/m0/s1. The van der Waals surface area contributed by atoms with Crippen molar-refractivity contribution in [2.75, 3.05) is 49.6 Å². The van der Waals surface area contributed by atoms with Gasteiger partial charge in [-0.15, -0.1) is 11.8 Å². The van der Waals surface area contributed by atoms with E-state index in [4.69, 9.17) is 4.74 Å². The normalized spacial score (nSPS) is 19.8. The van der Waals surface area contributed by atoms with E-state index < -0.39 is 10.0 Å². The highest BCUT2D eigenvalue weighted by atomic mass is 32.2. The van der Waals surface area contributed by atoms with E-state index in [-0.39, 0.29) is 16.1 Å². The number of hydrogen-bond donors (Lipinski definition) is 0. The molecule has 0 aromatic heterocycles. The largest absolute Gasteiger partial charge is 0.497 e. The maximum Gasteiger partial charge on any atom is 0.243 e. The first-order valence-electron chi connectivity index (χ1n) is 10.3. The summed E-state index contributed by atoms with van der Waals surface area (Å²) in [7, 11) is -2.00. The Bertz CT molecular complexity index is 1060. The second kappa shape index (κ2) is 8.72. The fourth-order valence-electron chi connectivity index (χ4n) is 4.00. The van der Waals surface area contributed by atoms with Crippen LogP contribution in [-0.2, 0) is 14.8 Å². The summed E-state index contributed by atoms with van der Waals surface area (Å²) in [5.74, 6) is 0.723. The van der Waals surface area contributed by atoms with Gasteiger partial charge in [0.1, 0.15) is 5.75 Å². The van der Waals surface area contributed by atoms with Crippen LogP contribution in [0.5, 0.6) is 5.75 Å². The Kier molecular flexibility index (Phi) is 6.18. The van der Waals surface area contributed by atoms with E-state index >= 15 is 0 Å². The number of ether oxygens (including phenoxy) is 1. The van der Waals surface area contributed by atoms with E-state index in [1.54, 1.807) is 35.9 Å². The number of fused-ring (bicyclic) bond motifs is 1. The SMILES string of the molecule is COc1ccc(N2CCN(S(=O)(=O)c3ccc4c(c3)N(C(C)=O)C[C@H](C)S4)CC2)cc1. The van der Waals surface area contributed by atoms with Crippen molar-refractivity contribution in [3.8, 4) is 5.75 Å². The maximum atomic E-state index is 13.3. The molecule has 166 valence electrons. The Balaban J connectivity index is 1.52. The number of nitrogens with zero attached hydrogens (tertiary/aromatic N) is 3. The maximum absolute atomic E-state index is 13.3. The molecule has 2 aromatic carbocycles. The Morgan fingerprint density at radius 1 is 1.06 bits per heavy atom. The highest BCUT2D eigenvalue weighted by Crippen LogP contribution is 2.40. The van der Waals surface area contributed by atoms with Crippen LogP contribution in [0.1, 0.15) is 13.8 Å². The number of hydrogen-bond acceptors (Lipinski definition) is 6. The van der Waals surface area contributed by atoms with Gasteiger partial charge in [0.15, 0.2) is 0 Å². The van der Waals surface area contributed by atoms with Gasteiger partial charge in [-0.3, -0.25) is 4.79 Å². The molecule has 1 amide bonds. The van der Waals surface area contributed by atoms with Crippen molar-refractivity contribution < 1.29 is 17.9 Å². The van der Waals surface area contributed by atoms with Crippen molar-refractivity contribution in [3.63, 3.8) is 0 Å². The second-order valence-electron chi connectivity index (χ2n) is 7.78. The quantitative estimate of drug-likeness (QED) is 0.697. The molecule has 0 N–H and O–H groups in total. The summed E-state index contributed by atoms with van der Waals surface area (Å²) in [5.41, 5.74) is 1.74. The van der Waals surface area contributed by atoms with Gasteiger partial charge in [0.05, 0.1) is 17.7 Å². The minimum atomic E-state index is -3.64. The number of benzene rings is 2. The average molecular weight is 462 g/mol. The van der Waals surface area contributed by atoms with E-state index in [2.05, 4.69) is 11.8 Å². The third-order valence-corrected chi connectivity index (χ3v) is 8.73. The number of carbonyl (C=O) groups is 1. The Morgan fingerprint density at radius 2 is 1.74 bits per heavy atom. The molecule has 2 heterocycles. The average Bonchev–Trinajstić information content (AvgIpc) is 2.78. The molecular weight excluding hydrogens is 434 g/mol. The van der Waals surface area contributed by atoms with Gasteiger partial charge in [-0.1, -0.05) is 6.92 Å². The van der Waals surface area contributed by atoms with Crippen LogP contribution in [0.25, 0.3) is 0 Å². The van der Waals surface area contributed by atoms with Gasteiger partial charge >= 0.3 is 0 Å². The topological polar surface area (TPSA) is 70.2 Å². The Hall–Kier alpha value is -2.23. The number of sulfonamides is 1. The first-order valence-corrected chi connectivity index (χ1v) is 12.6.